The highest BCUT2D eigenvalue weighted by atomic mass is 16.5. The van der Waals surface area contributed by atoms with Gasteiger partial charge in [-0.2, -0.15) is 0 Å². The summed E-state index contributed by atoms with van der Waals surface area (Å²) in [5.41, 5.74) is 0. The third kappa shape index (κ3) is 8.00. The zero-order valence-electron chi connectivity index (χ0n) is 11.8. The van der Waals surface area contributed by atoms with E-state index in [0.717, 1.165) is 52.2 Å². The Bertz CT molecular complexity index is 193. The molecule has 5 nitrogen and oxygen atoms in total. The number of nitrogens with one attached hydrogen (secondary N) is 1. The summed E-state index contributed by atoms with van der Waals surface area (Å²) >= 11 is 0. The van der Waals surface area contributed by atoms with E-state index in [4.69, 9.17) is 14.2 Å². The summed E-state index contributed by atoms with van der Waals surface area (Å²) in [6.45, 7) is 7.15. The second-order valence-corrected chi connectivity index (χ2v) is 4.77. The molecule has 0 radical (unpaired) electrons. The average molecular weight is 260 g/mol. The van der Waals surface area contributed by atoms with E-state index in [0.29, 0.717) is 19.3 Å². The zero-order valence-corrected chi connectivity index (χ0v) is 11.8. The van der Waals surface area contributed by atoms with Gasteiger partial charge in [0.05, 0.1) is 25.9 Å². The maximum atomic E-state index is 5.68. The fourth-order valence-corrected chi connectivity index (χ4v) is 1.95. The number of likely N-dealkylation sites (N-methyl/N-ethyl adjacent to an activating group) is 1. The minimum absolute atomic E-state index is 0.349. The lowest BCUT2D eigenvalue weighted by molar-refractivity contribution is -0.0180. The summed E-state index contributed by atoms with van der Waals surface area (Å²) in [7, 11) is 3.84. The Morgan fingerprint density at radius 3 is 2.94 bits per heavy atom. The number of morpholine rings is 1. The van der Waals surface area contributed by atoms with Crippen molar-refractivity contribution in [3.05, 3.63) is 0 Å². The van der Waals surface area contributed by atoms with E-state index < -0.39 is 0 Å². The topological polar surface area (TPSA) is 43.0 Å². The first-order valence-corrected chi connectivity index (χ1v) is 6.90. The summed E-state index contributed by atoms with van der Waals surface area (Å²) < 4.78 is 16.0. The van der Waals surface area contributed by atoms with Crippen molar-refractivity contribution in [2.45, 2.75) is 18.9 Å². The van der Waals surface area contributed by atoms with Crippen LogP contribution < -0.4 is 5.32 Å². The van der Waals surface area contributed by atoms with Crippen LogP contribution >= 0.6 is 0 Å². The highest BCUT2D eigenvalue weighted by Crippen LogP contribution is 2.01. The second kappa shape index (κ2) is 10.7. The van der Waals surface area contributed by atoms with Gasteiger partial charge < -0.3 is 24.4 Å². The predicted molar refractivity (Wildman–Crippen MR) is 72.0 cm³/mol. The molecule has 1 rings (SSSR count). The van der Waals surface area contributed by atoms with Gasteiger partial charge >= 0.3 is 0 Å². The minimum atomic E-state index is 0.349. The summed E-state index contributed by atoms with van der Waals surface area (Å²) in [5, 5.41) is 3.45. The summed E-state index contributed by atoms with van der Waals surface area (Å²) in [6.07, 6.45) is 2.60. The largest absolute Gasteiger partial charge is 0.382 e. The van der Waals surface area contributed by atoms with Crippen molar-refractivity contribution < 1.29 is 14.2 Å². The molecule has 1 aliphatic heterocycles. The molecule has 0 aliphatic carbocycles. The van der Waals surface area contributed by atoms with Crippen LogP contribution in [0.2, 0.25) is 0 Å². The number of unbranched alkanes of at least 4 members (excludes halogenated alkanes) is 1. The SMILES string of the molecule is COCCOCCCCNCC1CN(C)CCO1. The van der Waals surface area contributed by atoms with Crippen LogP contribution in [0.3, 0.4) is 0 Å². The van der Waals surface area contributed by atoms with Crippen LogP contribution in [0.5, 0.6) is 0 Å². The monoisotopic (exact) mass is 260 g/mol. The molecule has 1 aliphatic rings. The molecule has 1 unspecified atom stereocenters. The molecular formula is C13H28N2O3. The van der Waals surface area contributed by atoms with Gasteiger partial charge in [0.15, 0.2) is 0 Å². The predicted octanol–water partition coefficient (Wildman–Crippen LogP) is 0.350. The first-order chi connectivity index (χ1) is 8.83. The van der Waals surface area contributed by atoms with Crippen LogP contribution in [-0.2, 0) is 14.2 Å². The Hall–Kier alpha value is -0.200. The van der Waals surface area contributed by atoms with Gasteiger partial charge in [-0.05, 0) is 26.4 Å². The highest BCUT2D eigenvalue weighted by molar-refractivity contribution is 4.70. The molecule has 1 N–H and O–H groups in total. The van der Waals surface area contributed by atoms with E-state index >= 15 is 0 Å². The van der Waals surface area contributed by atoms with Crippen molar-refractivity contribution in [2.75, 3.05) is 66.8 Å². The number of rotatable bonds is 10. The van der Waals surface area contributed by atoms with Crippen molar-refractivity contribution in [1.82, 2.24) is 10.2 Å². The quantitative estimate of drug-likeness (QED) is 0.574. The number of hydrogen-bond acceptors (Lipinski definition) is 5. The van der Waals surface area contributed by atoms with E-state index in [1.807, 2.05) is 0 Å². The molecule has 18 heavy (non-hydrogen) atoms. The van der Waals surface area contributed by atoms with E-state index in [9.17, 15) is 0 Å². The van der Waals surface area contributed by atoms with E-state index in [1.54, 1.807) is 7.11 Å². The molecular weight excluding hydrogens is 232 g/mol. The zero-order chi connectivity index (χ0) is 13.1. The van der Waals surface area contributed by atoms with Gasteiger partial charge in [0.25, 0.3) is 0 Å². The van der Waals surface area contributed by atoms with Crippen molar-refractivity contribution in [1.29, 1.82) is 0 Å². The number of hydrogen-bond donors (Lipinski definition) is 1. The maximum Gasteiger partial charge on any atom is 0.0826 e. The van der Waals surface area contributed by atoms with Crippen molar-refractivity contribution >= 4 is 0 Å². The maximum absolute atomic E-state index is 5.68. The lowest BCUT2D eigenvalue weighted by Crippen LogP contribution is -2.44. The molecule has 1 fully saturated rings. The van der Waals surface area contributed by atoms with E-state index in [-0.39, 0.29) is 0 Å². The van der Waals surface area contributed by atoms with E-state index in [1.165, 1.54) is 0 Å². The lowest BCUT2D eigenvalue weighted by atomic mass is 10.2. The smallest absolute Gasteiger partial charge is 0.0826 e. The van der Waals surface area contributed by atoms with Crippen LogP contribution in [0, 0.1) is 0 Å². The first kappa shape index (κ1) is 15.9. The highest BCUT2D eigenvalue weighted by Gasteiger charge is 2.16. The number of ether oxygens (including phenoxy) is 3. The van der Waals surface area contributed by atoms with Crippen molar-refractivity contribution in [3.63, 3.8) is 0 Å². The molecule has 1 heterocycles. The number of nitrogens with zero attached hydrogens (tertiary/aromatic N) is 1. The average Bonchev–Trinajstić information content (AvgIpc) is 2.37. The molecule has 0 aromatic rings. The molecule has 1 saturated heterocycles. The number of methoxy groups -OCH3 is 1. The Morgan fingerprint density at radius 2 is 2.17 bits per heavy atom. The second-order valence-electron chi connectivity index (χ2n) is 4.77. The van der Waals surface area contributed by atoms with Crippen LogP contribution in [0.15, 0.2) is 0 Å². The van der Waals surface area contributed by atoms with Crippen LogP contribution in [0.25, 0.3) is 0 Å². The fraction of sp³-hybridized carbons (Fsp3) is 1.00. The first-order valence-electron chi connectivity index (χ1n) is 6.90. The molecule has 5 heteroatoms. The van der Waals surface area contributed by atoms with Crippen molar-refractivity contribution in [3.8, 4) is 0 Å². The molecule has 0 aromatic carbocycles. The molecule has 0 saturated carbocycles. The standard InChI is InChI=1S/C13H28N2O3/c1-15-6-8-18-13(12-15)11-14-5-3-4-7-17-10-9-16-2/h13-14H,3-12H2,1-2H3. The van der Waals surface area contributed by atoms with Gasteiger partial charge in [0, 0.05) is 33.4 Å². The van der Waals surface area contributed by atoms with Gasteiger partial charge in [0.2, 0.25) is 0 Å². The van der Waals surface area contributed by atoms with Gasteiger partial charge in [-0.25, -0.2) is 0 Å². The Balaban J connectivity index is 1.80. The summed E-state index contributed by atoms with van der Waals surface area (Å²) in [5.74, 6) is 0. The fourth-order valence-electron chi connectivity index (χ4n) is 1.95. The third-order valence-electron chi connectivity index (χ3n) is 3.04. The van der Waals surface area contributed by atoms with Gasteiger partial charge in [-0.3, -0.25) is 0 Å². The van der Waals surface area contributed by atoms with Crippen LogP contribution in [0.1, 0.15) is 12.8 Å². The van der Waals surface area contributed by atoms with Crippen LogP contribution in [0.4, 0.5) is 0 Å². The lowest BCUT2D eigenvalue weighted by Gasteiger charge is -2.30. The molecule has 0 spiro atoms. The van der Waals surface area contributed by atoms with Gasteiger partial charge in [-0.15, -0.1) is 0 Å². The minimum Gasteiger partial charge on any atom is -0.382 e. The van der Waals surface area contributed by atoms with Gasteiger partial charge in [-0.1, -0.05) is 0 Å². The molecule has 0 amide bonds. The Labute approximate surface area is 111 Å². The normalized spacial score (nSPS) is 21.3. The van der Waals surface area contributed by atoms with Crippen molar-refractivity contribution in [2.24, 2.45) is 0 Å². The molecule has 108 valence electrons. The molecule has 0 bridgehead atoms. The molecule has 1 atom stereocenters. The third-order valence-corrected chi connectivity index (χ3v) is 3.04. The summed E-state index contributed by atoms with van der Waals surface area (Å²) in [4.78, 5) is 2.32. The van der Waals surface area contributed by atoms with Crippen LogP contribution in [-0.4, -0.2) is 77.8 Å². The Kier molecular flexibility index (Phi) is 9.42. The van der Waals surface area contributed by atoms with Gasteiger partial charge in [0.1, 0.15) is 0 Å². The van der Waals surface area contributed by atoms with E-state index in [2.05, 4.69) is 17.3 Å². The summed E-state index contributed by atoms with van der Waals surface area (Å²) in [6, 6.07) is 0. The Morgan fingerprint density at radius 1 is 1.28 bits per heavy atom. The molecule has 0 aromatic heterocycles.